The van der Waals surface area contributed by atoms with Crippen LogP contribution >= 0.6 is 11.6 Å². The third-order valence-electron chi connectivity index (χ3n) is 3.49. The third-order valence-corrected chi connectivity index (χ3v) is 3.78. The van der Waals surface area contributed by atoms with E-state index in [1.165, 1.54) is 31.2 Å². The predicted octanol–water partition coefficient (Wildman–Crippen LogP) is 4.36. The van der Waals surface area contributed by atoms with Gasteiger partial charge in [0.25, 0.3) is 0 Å². The van der Waals surface area contributed by atoms with E-state index < -0.39 is 11.8 Å². The third kappa shape index (κ3) is 3.56. The normalized spacial score (nSPS) is 10.7. The number of aromatic amines is 1. The molecule has 3 aromatic rings. The van der Waals surface area contributed by atoms with Gasteiger partial charge >= 0.3 is 5.97 Å². The number of carbonyl (C=O) groups is 2. The molecule has 1 heterocycles. The number of aromatic nitrogens is 1. The van der Waals surface area contributed by atoms with Gasteiger partial charge in [0.15, 0.2) is 0 Å². The number of hydrogen-bond donors (Lipinski definition) is 4. The molecule has 128 valence electrons. The number of benzene rings is 2. The number of carboxylic acids is 1. The van der Waals surface area contributed by atoms with Gasteiger partial charge in [0.05, 0.1) is 16.2 Å². The molecule has 0 saturated heterocycles. The number of anilines is 3. The standard InChI is InChI=1S/C17H13ClFN3O3/c1-8(23)20-10-5-14(21-9-2-3-13(19)12(18)4-9)11-7-16(17(24)25)22-15(11)6-10/h2-7,21-22H,1H3,(H,20,23)(H,24,25). The fraction of sp³-hybridized carbons (Fsp3) is 0.0588. The molecule has 25 heavy (non-hydrogen) atoms. The molecule has 0 aliphatic carbocycles. The van der Waals surface area contributed by atoms with Crippen molar-refractivity contribution in [2.45, 2.75) is 6.92 Å². The number of hydrogen-bond acceptors (Lipinski definition) is 3. The van der Waals surface area contributed by atoms with Crippen molar-refractivity contribution in [2.24, 2.45) is 0 Å². The van der Waals surface area contributed by atoms with Crippen LogP contribution < -0.4 is 10.6 Å². The molecule has 0 bridgehead atoms. The summed E-state index contributed by atoms with van der Waals surface area (Å²) >= 11 is 5.79. The lowest BCUT2D eigenvalue weighted by Gasteiger charge is -2.11. The molecule has 3 rings (SSSR count). The SMILES string of the molecule is CC(=O)Nc1cc(Nc2ccc(F)c(Cl)c2)c2cc(C(=O)O)[nH]c2c1. The first-order valence-corrected chi connectivity index (χ1v) is 7.61. The van der Waals surface area contributed by atoms with Crippen molar-refractivity contribution in [3.8, 4) is 0 Å². The van der Waals surface area contributed by atoms with E-state index in [4.69, 9.17) is 16.7 Å². The highest BCUT2D eigenvalue weighted by Crippen LogP contribution is 2.32. The van der Waals surface area contributed by atoms with Gasteiger partial charge in [-0.2, -0.15) is 0 Å². The van der Waals surface area contributed by atoms with Gasteiger partial charge < -0.3 is 20.7 Å². The van der Waals surface area contributed by atoms with Gasteiger partial charge in [-0.15, -0.1) is 0 Å². The molecule has 0 atom stereocenters. The van der Waals surface area contributed by atoms with Crippen LogP contribution in [0.3, 0.4) is 0 Å². The lowest BCUT2D eigenvalue weighted by atomic mass is 10.1. The summed E-state index contributed by atoms with van der Waals surface area (Å²) in [6, 6.07) is 8.90. The van der Waals surface area contributed by atoms with Crippen molar-refractivity contribution >= 4 is 51.4 Å². The molecule has 0 unspecified atom stereocenters. The number of carboxylic acid groups (broad SMARTS) is 1. The van der Waals surface area contributed by atoms with Gasteiger partial charge in [-0.25, -0.2) is 9.18 Å². The first-order valence-electron chi connectivity index (χ1n) is 7.23. The summed E-state index contributed by atoms with van der Waals surface area (Å²) in [5, 5.41) is 15.4. The number of nitrogens with one attached hydrogen (secondary N) is 3. The number of carbonyl (C=O) groups excluding carboxylic acids is 1. The Bertz CT molecular complexity index is 1000. The predicted molar refractivity (Wildman–Crippen MR) is 94.3 cm³/mol. The van der Waals surface area contributed by atoms with Crippen molar-refractivity contribution in [3.63, 3.8) is 0 Å². The average Bonchev–Trinajstić information content (AvgIpc) is 2.95. The van der Waals surface area contributed by atoms with E-state index in [-0.39, 0.29) is 16.6 Å². The van der Waals surface area contributed by atoms with Crippen molar-refractivity contribution < 1.29 is 19.1 Å². The summed E-state index contributed by atoms with van der Waals surface area (Å²) in [5.41, 5.74) is 2.07. The second kappa shape index (κ2) is 6.45. The molecule has 0 fully saturated rings. The topological polar surface area (TPSA) is 94.2 Å². The van der Waals surface area contributed by atoms with Crippen LogP contribution in [0.4, 0.5) is 21.5 Å². The van der Waals surface area contributed by atoms with Gasteiger partial charge in [-0.3, -0.25) is 4.79 Å². The van der Waals surface area contributed by atoms with Crippen LogP contribution in [0.2, 0.25) is 5.02 Å². The van der Waals surface area contributed by atoms with E-state index in [1.54, 1.807) is 12.1 Å². The maximum absolute atomic E-state index is 13.3. The second-order valence-electron chi connectivity index (χ2n) is 5.41. The number of aromatic carboxylic acids is 1. The molecular formula is C17H13ClFN3O3. The molecule has 1 amide bonds. The maximum atomic E-state index is 13.3. The van der Waals surface area contributed by atoms with Crippen LogP contribution in [0, 0.1) is 5.82 Å². The van der Waals surface area contributed by atoms with Crippen molar-refractivity contribution in [1.82, 2.24) is 4.98 Å². The monoisotopic (exact) mass is 361 g/mol. The van der Waals surface area contributed by atoms with Gasteiger partial charge in [0.1, 0.15) is 11.5 Å². The molecular weight excluding hydrogens is 349 g/mol. The van der Waals surface area contributed by atoms with E-state index in [9.17, 15) is 14.0 Å². The quantitative estimate of drug-likeness (QED) is 0.555. The van der Waals surface area contributed by atoms with E-state index >= 15 is 0 Å². The largest absolute Gasteiger partial charge is 0.477 e. The lowest BCUT2D eigenvalue weighted by molar-refractivity contribution is -0.114. The van der Waals surface area contributed by atoms with E-state index in [2.05, 4.69) is 15.6 Å². The molecule has 2 aromatic carbocycles. The number of fused-ring (bicyclic) bond motifs is 1. The number of halogens is 2. The molecule has 0 aliphatic rings. The summed E-state index contributed by atoms with van der Waals surface area (Å²) in [5.74, 6) is -1.91. The Morgan fingerprint density at radius 3 is 2.56 bits per heavy atom. The molecule has 0 radical (unpaired) electrons. The highest BCUT2D eigenvalue weighted by atomic mass is 35.5. The molecule has 0 aliphatic heterocycles. The lowest BCUT2D eigenvalue weighted by Crippen LogP contribution is -2.06. The van der Waals surface area contributed by atoms with Crippen LogP contribution in [0.15, 0.2) is 36.4 Å². The van der Waals surface area contributed by atoms with Crippen LogP contribution in [-0.2, 0) is 4.79 Å². The Kier molecular flexibility index (Phi) is 4.33. The zero-order valence-corrected chi connectivity index (χ0v) is 13.7. The smallest absolute Gasteiger partial charge is 0.352 e. The molecule has 1 aromatic heterocycles. The molecule has 8 heteroatoms. The zero-order valence-electron chi connectivity index (χ0n) is 13.0. The van der Waals surface area contributed by atoms with Crippen LogP contribution in [0.5, 0.6) is 0 Å². The van der Waals surface area contributed by atoms with Gasteiger partial charge in [-0.1, -0.05) is 11.6 Å². The van der Waals surface area contributed by atoms with Gasteiger partial charge in [0, 0.05) is 23.7 Å². The fourth-order valence-corrected chi connectivity index (χ4v) is 2.64. The van der Waals surface area contributed by atoms with E-state index in [0.29, 0.717) is 28.0 Å². The van der Waals surface area contributed by atoms with Crippen LogP contribution in [0.25, 0.3) is 10.9 Å². The Morgan fingerprint density at radius 2 is 1.92 bits per heavy atom. The van der Waals surface area contributed by atoms with Crippen LogP contribution in [-0.4, -0.2) is 22.0 Å². The minimum absolute atomic E-state index is 0.00941. The van der Waals surface area contributed by atoms with Crippen LogP contribution in [0.1, 0.15) is 17.4 Å². The molecule has 6 nitrogen and oxygen atoms in total. The van der Waals surface area contributed by atoms with Crippen molar-refractivity contribution in [2.75, 3.05) is 10.6 Å². The Morgan fingerprint density at radius 1 is 1.16 bits per heavy atom. The number of H-pyrrole nitrogens is 1. The average molecular weight is 362 g/mol. The highest BCUT2D eigenvalue weighted by Gasteiger charge is 2.13. The Labute approximate surface area is 146 Å². The summed E-state index contributed by atoms with van der Waals surface area (Å²) in [7, 11) is 0. The molecule has 0 spiro atoms. The van der Waals surface area contributed by atoms with Gasteiger partial charge in [0.2, 0.25) is 5.91 Å². The zero-order chi connectivity index (χ0) is 18.1. The number of rotatable bonds is 4. The number of amides is 1. The van der Waals surface area contributed by atoms with Gasteiger partial charge in [-0.05, 0) is 36.4 Å². The van der Waals surface area contributed by atoms with Crippen molar-refractivity contribution in [1.29, 1.82) is 0 Å². The van der Waals surface area contributed by atoms with Crippen molar-refractivity contribution in [3.05, 3.63) is 52.9 Å². The maximum Gasteiger partial charge on any atom is 0.352 e. The summed E-state index contributed by atoms with van der Waals surface area (Å²) in [4.78, 5) is 25.3. The fourth-order valence-electron chi connectivity index (χ4n) is 2.46. The van der Waals surface area contributed by atoms with E-state index in [0.717, 1.165) is 0 Å². The summed E-state index contributed by atoms with van der Waals surface area (Å²) in [6.07, 6.45) is 0. The first kappa shape index (κ1) is 16.8. The summed E-state index contributed by atoms with van der Waals surface area (Å²) < 4.78 is 13.3. The first-order chi connectivity index (χ1) is 11.8. The molecule has 0 saturated carbocycles. The molecule has 4 N–H and O–H groups in total. The Hall–Kier alpha value is -3.06. The minimum atomic E-state index is -1.10. The second-order valence-corrected chi connectivity index (χ2v) is 5.82. The highest BCUT2D eigenvalue weighted by molar-refractivity contribution is 6.31. The summed E-state index contributed by atoms with van der Waals surface area (Å²) in [6.45, 7) is 1.37. The minimum Gasteiger partial charge on any atom is -0.477 e. The Balaban J connectivity index is 2.10. The van der Waals surface area contributed by atoms with E-state index in [1.807, 2.05) is 0 Å².